The molecule has 0 unspecified atom stereocenters. The maximum atomic E-state index is 12.1. The van der Waals surface area contributed by atoms with Crippen LogP contribution in [0.4, 0.5) is 4.79 Å². The highest BCUT2D eigenvalue weighted by Gasteiger charge is 2.26. The van der Waals surface area contributed by atoms with Crippen LogP contribution in [0.15, 0.2) is 18.3 Å². The van der Waals surface area contributed by atoms with Crippen LogP contribution in [0.3, 0.4) is 0 Å². The summed E-state index contributed by atoms with van der Waals surface area (Å²) in [6, 6.07) is 4.09. The summed E-state index contributed by atoms with van der Waals surface area (Å²) in [7, 11) is 4.13. The summed E-state index contributed by atoms with van der Waals surface area (Å²) in [5.41, 5.74) is 1.12. The second kappa shape index (κ2) is 6.79. The van der Waals surface area contributed by atoms with E-state index in [4.69, 9.17) is 0 Å². The first-order chi connectivity index (χ1) is 9.60. The lowest BCUT2D eigenvalue weighted by molar-refractivity contribution is 0.204. The highest BCUT2D eigenvalue weighted by Crippen LogP contribution is 2.17. The van der Waals surface area contributed by atoms with Gasteiger partial charge in [0, 0.05) is 38.6 Å². The molecule has 1 aromatic heterocycles. The Labute approximate surface area is 121 Å². The van der Waals surface area contributed by atoms with E-state index in [2.05, 4.69) is 24.2 Å². The molecule has 0 spiro atoms. The van der Waals surface area contributed by atoms with Gasteiger partial charge in [-0.3, -0.25) is 0 Å². The fourth-order valence-corrected chi connectivity index (χ4v) is 2.69. The van der Waals surface area contributed by atoms with Gasteiger partial charge in [0.25, 0.3) is 0 Å². The van der Waals surface area contributed by atoms with Crippen molar-refractivity contribution in [1.82, 2.24) is 19.7 Å². The molecule has 0 bridgehead atoms. The third-order valence-electron chi connectivity index (χ3n) is 4.15. The maximum absolute atomic E-state index is 12.1. The topological polar surface area (TPSA) is 40.5 Å². The van der Waals surface area contributed by atoms with Crippen molar-refractivity contribution in [2.45, 2.75) is 19.9 Å². The third-order valence-corrected chi connectivity index (χ3v) is 4.15. The summed E-state index contributed by atoms with van der Waals surface area (Å²) in [4.78, 5) is 16.4. The number of hydrogen-bond acceptors (Lipinski definition) is 2. The Hall–Kier alpha value is -1.49. The van der Waals surface area contributed by atoms with Crippen LogP contribution in [0.2, 0.25) is 0 Å². The molecule has 1 N–H and O–H groups in total. The molecule has 20 heavy (non-hydrogen) atoms. The normalized spacial score (nSPS) is 18.8. The molecule has 1 aromatic rings. The summed E-state index contributed by atoms with van der Waals surface area (Å²) in [5.74, 6) is 0.612. The molecule has 1 saturated heterocycles. The highest BCUT2D eigenvalue weighted by atomic mass is 16.2. The first-order valence-corrected chi connectivity index (χ1v) is 7.41. The molecule has 5 heteroatoms. The lowest BCUT2D eigenvalue weighted by Gasteiger charge is -2.20. The fraction of sp³-hybridized carbons (Fsp3) is 0.667. The second-order valence-corrected chi connectivity index (χ2v) is 5.72. The zero-order valence-corrected chi connectivity index (χ0v) is 12.8. The van der Waals surface area contributed by atoms with E-state index in [1.807, 2.05) is 34.8 Å². The number of aromatic nitrogens is 1. The minimum atomic E-state index is 0.0628. The van der Waals surface area contributed by atoms with Crippen molar-refractivity contribution >= 4 is 6.03 Å². The Morgan fingerprint density at radius 2 is 2.35 bits per heavy atom. The molecular formula is C15H26N4O. The monoisotopic (exact) mass is 278 g/mol. The van der Waals surface area contributed by atoms with E-state index in [0.29, 0.717) is 12.5 Å². The van der Waals surface area contributed by atoms with Gasteiger partial charge in [-0.1, -0.05) is 6.92 Å². The van der Waals surface area contributed by atoms with Crippen LogP contribution in [0, 0.1) is 5.92 Å². The van der Waals surface area contributed by atoms with Crippen molar-refractivity contribution in [3.8, 4) is 0 Å². The molecule has 2 rings (SSSR count). The molecule has 1 atom stereocenters. The molecule has 1 aliphatic rings. The van der Waals surface area contributed by atoms with Crippen LogP contribution in [-0.2, 0) is 13.6 Å². The van der Waals surface area contributed by atoms with Crippen molar-refractivity contribution in [3.05, 3.63) is 24.0 Å². The number of carbonyl (C=O) groups is 1. The standard InChI is InChI=1S/C15H26N4O/c1-4-17(2)11-13-7-9-19(12-13)15(20)16-10-14-6-5-8-18(14)3/h5-6,8,13H,4,7,9-12H2,1-3H3,(H,16,20)/t13-/m1/s1. The molecule has 5 nitrogen and oxygen atoms in total. The zero-order valence-electron chi connectivity index (χ0n) is 12.8. The number of nitrogens with one attached hydrogen (secondary N) is 1. The predicted molar refractivity (Wildman–Crippen MR) is 80.5 cm³/mol. The maximum Gasteiger partial charge on any atom is 0.317 e. The molecule has 112 valence electrons. The van der Waals surface area contributed by atoms with Gasteiger partial charge < -0.3 is 19.7 Å². The largest absolute Gasteiger partial charge is 0.353 e. The minimum Gasteiger partial charge on any atom is -0.353 e. The van der Waals surface area contributed by atoms with E-state index in [9.17, 15) is 4.79 Å². The second-order valence-electron chi connectivity index (χ2n) is 5.72. The van der Waals surface area contributed by atoms with Crippen LogP contribution < -0.4 is 5.32 Å². The Morgan fingerprint density at radius 1 is 1.55 bits per heavy atom. The highest BCUT2D eigenvalue weighted by molar-refractivity contribution is 5.74. The molecule has 1 fully saturated rings. The van der Waals surface area contributed by atoms with E-state index >= 15 is 0 Å². The SMILES string of the molecule is CCN(C)C[C@H]1CCN(C(=O)NCc2cccn2C)C1. The van der Waals surface area contributed by atoms with Gasteiger partial charge in [-0.15, -0.1) is 0 Å². The van der Waals surface area contributed by atoms with Crippen LogP contribution in [-0.4, -0.2) is 53.6 Å². The Kier molecular flexibility index (Phi) is 5.06. The first-order valence-electron chi connectivity index (χ1n) is 7.41. The molecule has 0 radical (unpaired) electrons. The van der Waals surface area contributed by atoms with E-state index < -0.39 is 0 Å². The van der Waals surface area contributed by atoms with Gasteiger partial charge in [0.15, 0.2) is 0 Å². The minimum absolute atomic E-state index is 0.0628. The van der Waals surface area contributed by atoms with Gasteiger partial charge in [0.1, 0.15) is 0 Å². The average Bonchev–Trinajstić information content (AvgIpc) is 3.05. The van der Waals surface area contributed by atoms with Gasteiger partial charge in [-0.2, -0.15) is 0 Å². The smallest absolute Gasteiger partial charge is 0.317 e. The van der Waals surface area contributed by atoms with Crippen LogP contribution in [0.1, 0.15) is 19.0 Å². The van der Waals surface area contributed by atoms with Gasteiger partial charge in [0.2, 0.25) is 0 Å². The number of carbonyl (C=O) groups excluding carboxylic acids is 1. The summed E-state index contributed by atoms with van der Waals surface area (Å²) in [6.45, 7) is 6.66. The van der Waals surface area contributed by atoms with Gasteiger partial charge in [-0.05, 0) is 38.1 Å². The molecular weight excluding hydrogens is 252 g/mol. The van der Waals surface area contributed by atoms with Crippen molar-refractivity contribution < 1.29 is 4.79 Å². The zero-order chi connectivity index (χ0) is 14.5. The lowest BCUT2D eigenvalue weighted by atomic mass is 10.1. The summed E-state index contributed by atoms with van der Waals surface area (Å²) >= 11 is 0. The number of nitrogens with zero attached hydrogens (tertiary/aromatic N) is 3. The molecule has 2 amide bonds. The third kappa shape index (κ3) is 3.76. The number of amides is 2. The summed E-state index contributed by atoms with van der Waals surface area (Å²) in [5, 5.41) is 3.01. The van der Waals surface area contributed by atoms with Gasteiger partial charge >= 0.3 is 6.03 Å². The molecule has 1 aliphatic heterocycles. The van der Waals surface area contributed by atoms with Crippen LogP contribution in [0.25, 0.3) is 0 Å². The van der Waals surface area contributed by atoms with E-state index in [0.717, 1.165) is 38.3 Å². The van der Waals surface area contributed by atoms with Gasteiger partial charge in [-0.25, -0.2) is 4.79 Å². The molecule has 0 aliphatic carbocycles. The number of likely N-dealkylation sites (tertiary alicyclic amines) is 1. The van der Waals surface area contributed by atoms with Crippen molar-refractivity contribution in [3.63, 3.8) is 0 Å². The Bertz CT molecular complexity index is 443. The Morgan fingerprint density at radius 3 is 3.00 bits per heavy atom. The molecule has 0 aromatic carbocycles. The van der Waals surface area contributed by atoms with Crippen molar-refractivity contribution in [2.24, 2.45) is 13.0 Å². The van der Waals surface area contributed by atoms with Crippen molar-refractivity contribution in [2.75, 3.05) is 33.2 Å². The molecule has 0 saturated carbocycles. The Balaban J connectivity index is 1.75. The van der Waals surface area contributed by atoms with Crippen molar-refractivity contribution in [1.29, 1.82) is 0 Å². The van der Waals surface area contributed by atoms with Crippen LogP contribution >= 0.6 is 0 Å². The predicted octanol–water partition coefficient (Wildman–Crippen LogP) is 1.51. The first kappa shape index (κ1) is 14.9. The van der Waals surface area contributed by atoms with E-state index in [1.54, 1.807) is 0 Å². The quantitative estimate of drug-likeness (QED) is 0.887. The van der Waals surface area contributed by atoms with E-state index in [-0.39, 0.29) is 6.03 Å². The fourth-order valence-electron chi connectivity index (χ4n) is 2.69. The summed E-state index contributed by atoms with van der Waals surface area (Å²) in [6.07, 6.45) is 3.11. The summed E-state index contributed by atoms with van der Waals surface area (Å²) < 4.78 is 2.03. The van der Waals surface area contributed by atoms with Crippen LogP contribution in [0.5, 0.6) is 0 Å². The number of rotatable bonds is 5. The number of hydrogen-bond donors (Lipinski definition) is 1. The molecule has 2 heterocycles. The van der Waals surface area contributed by atoms with Gasteiger partial charge in [0.05, 0.1) is 6.54 Å². The number of urea groups is 1. The van der Waals surface area contributed by atoms with E-state index in [1.165, 1.54) is 0 Å². The lowest BCUT2D eigenvalue weighted by Crippen LogP contribution is -2.39. The average molecular weight is 278 g/mol. The number of aryl methyl sites for hydroxylation is 1.